The molecule has 2 heterocycles. The number of thiophene rings is 1. The number of nitrogens with one attached hydrogen (secondary N) is 1. The van der Waals surface area contributed by atoms with Gasteiger partial charge < -0.3 is 10.1 Å². The van der Waals surface area contributed by atoms with E-state index >= 15 is 0 Å². The highest BCUT2D eigenvalue weighted by molar-refractivity contribution is 7.10. The van der Waals surface area contributed by atoms with Crippen molar-refractivity contribution in [2.45, 2.75) is 13.5 Å². The minimum atomic E-state index is -0.267. The Kier molecular flexibility index (Phi) is 3.60. The lowest BCUT2D eigenvalue weighted by atomic mass is 10.2. The highest BCUT2D eigenvalue weighted by atomic mass is 32.1. The fourth-order valence-electron chi connectivity index (χ4n) is 2.18. The van der Waals surface area contributed by atoms with Gasteiger partial charge in [-0.25, -0.2) is 4.79 Å². The maximum absolute atomic E-state index is 11.6. The van der Waals surface area contributed by atoms with E-state index in [0.29, 0.717) is 13.2 Å². The van der Waals surface area contributed by atoms with Crippen LogP contribution in [0.2, 0.25) is 0 Å². The van der Waals surface area contributed by atoms with E-state index in [2.05, 4.69) is 23.7 Å². The summed E-state index contributed by atoms with van der Waals surface area (Å²) in [6, 6.07) is 9.99. The van der Waals surface area contributed by atoms with Crippen LogP contribution in [0.25, 0.3) is 0 Å². The third kappa shape index (κ3) is 2.63. The van der Waals surface area contributed by atoms with Crippen molar-refractivity contribution in [1.29, 1.82) is 0 Å². The zero-order valence-electron chi connectivity index (χ0n) is 11.3. The van der Waals surface area contributed by atoms with Crippen molar-refractivity contribution in [2.24, 2.45) is 0 Å². The van der Waals surface area contributed by atoms with Crippen LogP contribution in [-0.4, -0.2) is 19.2 Å². The summed E-state index contributed by atoms with van der Waals surface area (Å²) in [6.45, 7) is 4.00. The monoisotopic (exact) mass is 288 g/mol. The Morgan fingerprint density at radius 1 is 1.40 bits per heavy atom. The summed E-state index contributed by atoms with van der Waals surface area (Å²) in [7, 11) is 0. The van der Waals surface area contributed by atoms with Gasteiger partial charge in [-0.15, -0.1) is 11.3 Å². The molecule has 1 aromatic carbocycles. The lowest BCUT2D eigenvalue weighted by Gasteiger charge is -2.14. The Bertz CT molecular complexity index is 624. The first-order valence-corrected chi connectivity index (χ1v) is 7.43. The van der Waals surface area contributed by atoms with E-state index < -0.39 is 0 Å². The second-order valence-electron chi connectivity index (χ2n) is 4.70. The number of nitrogens with zero attached hydrogens (tertiary/aromatic N) is 1. The summed E-state index contributed by atoms with van der Waals surface area (Å²) >= 11 is 1.75. The maximum atomic E-state index is 11.6. The Morgan fingerprint density at radius 2 is 2.30 bits per heavy atom. The van der Waals surface area contributed by atoms with E-state index in [4.69, 9.17) is 4.74 Å². The number of ether oxygens (including phenoxy) is 1. The molecular formula is C15H16N2O2S. The van der Waals surface area contributed by atoms with E-state index in [9.17, 15) is 4.79 Å². The van der Waals surface area contributed by atoms with Gasteiger partial charge in [0.2, 0.25) is 0 Å². The standard InChI is InChI=1S/C15H16N2O2S/c1-11-5-8-20-14(11)10-16-12-3-2-4-13(9-12)17-6-7-19-15(17)18/h2-5,8-9,16H,6-7,10H2,1H3. The third-order valence-corrected chi connectivity index (χ3v) is 4.36. The molecule has 2 aromatic rings. The number of benzene rings is 1. The molecule has 3 rings (SSSR count). The van der Waals surface area contributed by atoms with Gasteiger partial charge in [0.25, 0.3) is 0 Å². The average molecular weight is 288 g/mol. The minimum absolute atomic E-state index is 0.267. The molecule has 0 aliphatic carbocycles. The number of hydrogen-bond donors (Lipinski definition) is 1. The maximum Gasteiger partial charge on any atom is 0.414 e. The van der Waals surface area contributed by atoms with Crippen LogP contribution in [0.15, 0.2) is 35.7 Å². The summed E-state index contributed by atoms with van der Waals surface area (Å²) in [6.07, 6.45) is -0.267. The first-order valence-electron chi connectivity index (χ1n) is 6.55. The van der Waals surface area contributed by atoms with Crippen LogP contribution in [0.5, 0.6) is 0 Å². The minimum Gasteiger partial charge on any atom is -0.447 e. The molecule has 0 atom stereocenters. The number of amides is 1. The molecule has 1 aromatic heterocycles. The highest BCUT2D eigenvalue weighted by Gasteiger charge is 2.23. The predicted octanol–water partition coefficient (Wildman–Crippen LogP) is 3.63. The van der Waals surface area contributed by atoms with Gasteiger partial charge in [-0.05, 0) is 42.1 Å². The molecule has 0 bridgehead atoms. The number of anilines is 2. The highest BCUT2D eigenvalue weighted by Crippen LogP contribution is 2.23. The first-order chi connectivity index (χ1) is 9.74. The Labute approximate surface area is 122 Å². The van der Waals surface area contributed by atoms with Crippen LogP contribution >= 0.6 is 11.3 Å². The molecule has 104 valence electrons. The van der Waals surface area contributed by atoms with Gasteiger partial charge in [0.05, 0.1) is 6.54 Å². The molecule has 20 heavy (non-hydrogen) atoms. The molecule has 1 aliphatic rings. The average Bonchev–Trinajstić information content (AvgIpc) is 3.05. The van der Waals surface area contributed by atoms with E-state index in [1.165, 1.54) is 10.4 Å². The number of hydrogen-bond acceptors (Lipinski definition) is 4. The first kappa shape index (κ1) is 13.0. The lowest BCUT2D eigenvalue weighted by Crippen LogP contribution is -2.23. The van der Waals surface area contributed by atoms with Crippen LogP contribution in [0.3, 0.4) is 0 Å². The zero-order valence-corrected chi connectivity index (χ0v) is 12.1. The predicted molar refractivity (Wildman–Crippen MR) is 81.5 cm³/mol. The molecule has 0 unspecified atom stereocenters. The molecule has 0 saturated carbocycles. The number of carbonyl (C=O) groups is 1. The second kappa shape index (κ2) is 5.54. The van der Waals surface area contributed by atoms with Gasteiger partial charge in [-0.3, -0.25) is 4.90 Å². The molecule has 1 saturated heterocycles. The molecule has 1 fully saturated rings. The summed E-state index contributed by atoms with van der Waals surface area (Å²) in [5, 5.41) is 5.50. The van der Waals surface area contributed by atoms with Gasteiger partial charge in [0.15, 0.2) is 0 Å². The molecule has 5 heteroatoms. The fourth-order valence-corrected chi connectivity index (χ4v) is 3.03. The van der Waals surface area contributed by atoms with Crippen LogP contribution in [-0.2, 0) is 11.3 Å². The fraction of sp³-hybridized carbons (Fsp3) is 0.267. The van der Waals surface area contributed by atoms with E-state index in [1.807, 2.05) is 24.3 Å². The molecule has 1 aliphatic heterocycles. The van der Waals surface area contributed by atoms with Crippen LogP contribution in [0.1, 0.15) is 10.4 Å². The largest absolute Gasteiger partial charge is 0.447 e. The molecule has 1 amide bonds. The Hall–Kier alpha value is -2.01. The van der Waals surface area contributed by atoms with E-state index in [0.717, 1.165) is 17.9 Å². The molecule has 4 nitrogen and oxygen atoms in total. The van der Waals surface area contributed by atoms with Gasteiger partial charge in [-0.1, -0.05) is 6.07 Å². The van der Waals surface area contributed by atoms with Crippen molar-refractivity contribution in [1.82, 2.24) is 0 Å². The van der Waals surface area contributed by atoms with E-state index in [1.54, 1.807) is 16.2 Å². The number of rotatable bonds is 4. The smallest absolute Gasteiger partial charge is 0.414 e. The Morgan fingerprint density at radius 3 is 3.00 bits per heavy atom. The summed E-state index contributed by atoms with van der Waals surface area (Å²) in [5.41, 5.74) is 3.19. The van der Waals surface area contributed by atoms with E-state index in [-0.39, 0.29) is 6.09 Å². The Balaban J connectivity index is 1.71. The lowest BCUT2D eigenvalue weighted by molar-refractivity contribution is 0.181. The summed E-state index contributed by atoms with van der Waals surface area (Å²) < 4.78 is 4.96. The zero-order chi connectivity index (χ0) is 13.9. The van der Waals surface area contributed by atoms with Gasteiger partial charge in [-0.2, -0.15) is 0 Å². The molecular weight excluding hydrogens is 272 g/mol. The van der Waals surface area contributed by atoms with Crippen LogP contribution in [0, 0.1) is 6.92 Å². The number of cyclic esters (lactones) is 1. The van der Waals surface area contributed by atoms with Gasteiger partial charge in [0, 0.05) is 22.8 Å². The normalized spacial score (nSPS) is 14.4. The SMILES string of the molecule is Cc1ccsc1CNc1cccc(N2CCOC2=O)c1. The topological polar surface area (TPSA) is 41.6 Å². The second-order valence-corrected chi connectivity index (χ2v) is 5.70. The van der Waals surface area contributed by atoms with Gasteiger partial charge >= 0.3 is 6.09 Å². The van der Waals surface area contributed by atoms with Crippen molar-refractivity contribution in [3.63, 3.8) is 0 Å². The van der Waals surface area contributed by atoms with Crippen LogP contribution < -0.4 is 10.2 Å². The van der Waals surface area contributed by atoms with Crippen molar-refractivity contribution in [3.8, 4) is 0 Å². The van der Waals surface area contributed by atoms with Crippen molar-refractivity contribution in [2.75, 3.05) is 23.4 Å². The van der Waals surface area contributed by atoms with Gasteiger partial charge in [0.1, 0.15) is 6.61 Å². The van der Waals surface area contributed by atoms with Crippen molar-refractivity contribution in [3.05, 3.63) is 46.2 Å². The van der Waals surface area contributed by atoms with Crippen molar-refractivity contribution >= 4 is 28.8 Å². The summed E-state index contributed by atoms with van der Waals surface area (Å²) in [4.78, 5) is 14.5. The van der Waals surface area contributed by atoms with Crippen molar-refractivity contribution < 1.29 is 9.53 Å². The summed E-state index contributed by atoms with van der Waals surface area (Å²) in [5.74, 6) is 0. The quantitative estimate of drug-likeness (QED) is 0.934. The molecule has 0 spiro atoms. The molecule has 0 radical (unpaired) electrons. The van der Waals surface area contributed by atoms with Crippen LogP contribution in [0.4, 0.5) is 16.2 Å². The molecule has 1 N–H and O–H groups in total. The number of carbonyl (C=O) groups excluding carboxylic acids is 1. The number of aryl methyl sites for hydroxylation is 1. The third-order valence-electron chi connectivity index (χ3n) is 3.34.